The third kappa shape index (κ3) is 2.88. The van der Waals surface area contributed by atoms with Gasteiger partial charge < -0.3 is 14.5 Å². The van der Waals surface area contributed by atoms with Crippen LogP contribution in [0.3, 0.4) is 0 Å². The predicted octanol–water partition coefficient (Wildman–Crippen LogP) is 5.04. The van der Waals surface area contributed by atoms with Gasteiger partial charge in [0.05, 0.1) is 12.5 Å². The zero-order chi connectivity index (χ0) is 18.1. The highest BCUT2D eigenvalue weighted by atomic mass is 16.5. The Bertz CT molecular complexity index is 1050. The molecule has 0 aliphatic carbocycles. The van der Waals surface area contributed by atoms with E-state index in [9.17, 15) is 0 Å². The number of benzene rings is 2. The number of aromatic nitrogens is 3. The van der Waals surface area contributed by atoms with E-state index in [0.717, 1.165) is 39.2 Å². The van der Waals surface area contributed by atoms with Crippen LogP contribution in [0.1, 0.15) is 11.1 Å². The number of nitrogens with one attached hydrogen (secondary N) is 1. The summed E-state index contributed by atoms with van der Waals surface area (Å²) in [5.41, 5.74) is 3.83. The number of aromatic amines is 1. The Morgan fingerprint density at radius 2 is 1.73 bits per heavy atom. The molecule has 1 N–H and O–H groups in total. The summed E-state index contributed by atoms with van der Waals surface area (Å²) in [5.74, 6) is 3.05. The van der Waals surface area contributed by atoms with Crippen LogP contribution >= 0.6 is 0 Å². The van der Waals surface area contributed by atoms with Crippen molar-refractivity contribution >= 4 is 11.0 Å². The molecule has 26 heavy (non-hydrogen) atoms. The summed E-state index contributed by atoms with van der Waals surface area (Å²) in [6.45, 7) is 4.04. The lowest BCUT2D eigenvalue weighted by Gasteiger charge is -2.10. The van der Waals surface area contributed by atoms with Crippen LogP contribution in [0.15, 0.2) is 54.9 Å². The molecule has 2 heterocycles. The van der Waals surface area contributed by atoms with E-state index in [1.165, 1.54) is 0 Å². The molecule has 0 fully saturated rings. The molecule has 0 atom stereocenters. The molecule has 130 valence electrons. The molecule has 5 heteroatoms. The van der Waals surface area contributed by atoms with Gasteiger partial charge in [-0.3, -0.25) is 0 Å². The van der Waals surface area contributed by atoms with Crippen molar-refractivity contribution in [2.24, 2.45) is 0 Å². The molecule has 0 spiro atoms. The van der Waals surface area contributed by atoms with Gasteiger partial charge in [0.15, 0.2) is 11.6 Å². The predicted molar refractivity (Wildman–Crippen MR) is 102 cm³/mol. The first-order valence-electron chi connectivity index (χ1n) is 8.38. The van der Waals surface area contributed by atoms with Crippen molar-refractivity contribution in [3.8, 4) is 28.6 Å². The molecule has 2 aromatic heterocycles. The van der Waals surface area contributed by atoms with Gasteiger partial charge in [-0.1, -0.05) is 18.2 Å². The van der Waals surface area contributed by atoms with Crippen LogP contribution in [0, 0.1) is 13.8 Å². The maximum atomic E-state index is 5.92. The lowest BCUT2D eigenvalue weighted by atomic mass is 10.1. The smallest absolute Gasteiger partial charge is 0.161 e. The van der Waals surface area contributed by atoms with Gasteiger partial charge in [-0.15, -0.1) is 0 Å². The monoisotopic (exact) mass is 345 g/mol. The molecule has 0 bridgehead atoms. The molecule has 0 saturated carbocycles. The summed E-state index contributed by atoms with van der Waals surface area (Å²) >= 11 is 0. The normalized spacial score (nSPS) is 10.9. The van der Waals surface area contributed by atoms with Gasteiger partial charge >= 0.3 is 0 Å². The fraction of sp³-hybridized carbons (Fsp3) is 0.143. The molecular formula is C21H19N3O2. The van der Waals surface area contributed by atoms with Gasteiger partial charge in [-0.05, 0) is 49.2 Å². The molecule has 0 amide bonds. The number of para-hydroxylation sites is 1. The van der Waals surface area contributed by atoms with Crippen LogP contribution in [0.5, 0.6) is 17.2 Å². The number of ether oxygens (including phenoxy) is 2. The fourth-order valence-corrected chi connectivity index (χ4v) is 3.12. The van der Waals surface area contributed by atoms with Crippen LogP contribution in [-0.2, 0) is 0 Å². The number of methoxy groups -OCH3 is 1. The Morgan fingerprint density at radius 1 is 1.00 bits per heavy atom. The SMILES string of the molecule is COc1c(C)cc(-c2ncc3c(Oc4ccccc4)c[nH]c3n2)cc1C. The molecule has 4 rings (SSSR count). The second-order valence-electron chi connectivity index (χ2n) is 6.17. The topological polar surface area (TPSA) is 60.0 Å². The summed E-state index contributed by atoms with van der Waals surface area (Å²) in [6, 6.07) is 13.7. The highest BCUT2D eigenvalue weighted by Gasteiger charge is 2.12. The number of aryl methyl sites for hydroxylation is 2. The number of rotatable bonds is 4. The third-order valence-corrected chi connectivity index (χ3v) is 4.29. The number of H-pyrrole nitrogens is 1. The summed E-state index contributed by atoms with van der Waals surface area (Å²) in [6.07, 6.45) is 3.60. The van der Waals surface area contributed by atoms with Crippen molar-refractivity contribution in [1.82, 2.24) is 15.0 Å². The lowest BCUT2D eigenvalue weighted by Crippen LogP contribution is -1.95. The molecular weight excluding hydrogens is 326 g/mol. The van der Waals surface area contributed by atoms with E-state index < -0.39 is 0 Å². The average Bonchev–Trinajstić information content (AvgIpc) is 3.04. The minimum atomic E-state index is 0.666. The van der Waals surface area contributed by atoms with Gasteiger partial charge in [0.25, 0.3) is 0 Å². The minimum absolute atomic E-state index is 0.666. The van der Waals surface area contributed by atoms with E-state index in [1.54, 1.807) is 19.5 Å². The number of hydrogen-bond donors (Lipinski definition) is 1. The van der Waals surface area contributed by atoms with E-state index >= 15 is 0 Å². The zero-order valence-electron chi connectivity index (χ0n) is 14.9. The van der Waals surface area contributed by atoms with E-state index in [1.807, 2.05) is 56.3 Å². The number of fused-ring (bicyclic) bond motifs is 1. The summed E-state index contributed by atoms with van der Waals surface area (Å²) in [7, 11) is 1.69. The van der Waals surface area contributed by atoms with Crippen molar-refractivity contribution in [3.63, 3.8) is 0 Å². The van der Waals surface area contributed by atoms with Crippen LogP contribution in [0.2, 0.25) is 0 Å². The van der Waals surface area contributed by atoms with Crippen molar-refractivity contribution in [1.29, 1.82) is 0 Å². The number of hydrogen-bond acceptors (Lipinski definition) is 4. The van der Waals surface area contributed by atoms with Gasteiger partial charge in [-0.25, -0.2) is 9.97 Å². The first kappa shape index (κ1) is 16.1. The van der Waals surface area contributed by atoms with Crippen LogP contribution < -0.4 is 9.47 Å². The van der Waals surface area contributed by atoms with E-state index in [2.05, 4.69) is 15.0 Å². The van der Waals surface area contributed by atoms with Crippen LogP contribution in [-0.4, -0.2) is 22.1 Å². The van der Waals surface area contributed by atoms with Crippen LogP contribution in [0.4, 0.5) is 0 Å². The third-order valence-electron chi connectivity index (χ3n) is 4.29. The Morgan fingerprint density at radius 3 is 2.42 bits per heavy atom. The summed E-state index contributed by atoms with van der Waals surface area (Å²) in [4.78, 5) is 12.4. The minimum Gasteiger partial charge on any atom is -0.496 e. The van der Waals surface area contributed by atoms with E-state index in [0.29, 0.717) is 11.6 Å². The molecule has 0 aliphatic heterocycles. The number of nitrogens with zero attached hydrogens (tertiary/aromatic N) is 2. The molecule has 2 aromatic carbocycles. The maximum Gasteiger partial charge on any atom is 0.161 e. The first-order chi connectivity index (χ1) is 12.7. The Kier molecular flexibility index (Phi) is 4.05. The van der Waals surface area contributed by atoms with Crippen molar-refractivity contribution < 1.29 is 9.47 Å². The standard InChI is InChI=1S/C21H19N3O2/c1-13-9-15(10-14(2)19(13)25-3)20-22-11-17-18(12-23-21(17)24-20)26-16-7-5-4-6-8-16/h4-12H,1-3H3,(H,22,23,24). The first-order valence-corrected chi connectivity index (χ1v) is 8.38. The molecule has 0 saturated heterocycles. The zero-order valence-corrected chi connectivity index (χ0v) is 14.9. The van der Waals surface area contributed by atoms with Crippen molar-refractivity contribution in [2.45, 2.75) is 13.8 Å². The molecule has 5 nitrogen and oxygen atoms in total. The fourth-order valence-electron chi connectivity index (χ4n) is 3.12. The second kappa shape index (κ2) is 6.52. The van der Waals surface area contributed by atoms with Crippen molar-refractivity contribution in [2.75, 3.05) is 7.11 Å². The van der Waals surface area contributed by atoms with Gasteiger partial charge in [-0.2, -0.15) is 0 Å². The highest BCUT2D eigenvalue weighted by Crippen LogP contribution is 2.32. The van der Waals surface area contributed by atoms with Gasteiger partial charge in [0, 0.05) is 18.0 Å². The van der Waals surface area contributed by atoms with E-state index in [4.69, 9.17) is 9.47 Å². The molecule has 4 aromatic rings. The largest absolute Gasteiger partial charge is 0.496 e. The van der Waals surface area contributed by atoms with Crippen molar-refractivity contribution in [3.05, 3.63) is 66.0 Å². The lowest BCUT2D eigenvalue weighted by molar-refractivity contribution is 0.408. The van der Waals surface area contributed by atoms with Gasteiger partial charge in [0.1, 0.15) is 17.1 Å². The average molecular weight is 345 g/mol. The Balaban J connectivity index is 1.71. The molecule has 0 radical (unpaired) electrons. The Labute approximate surface area is 151 Å². The highest BCUT2D eigenvalue weighted by molar-refractivity contribution is 5.84. The van der Waals surface area contributed by atoms with Crippen LogP contribution in [0.25, 0.3) is 22.4 Å². The molecule has 0 aliphatic rings. The second-order valence-corrected chi connectivity index (χ2v) is 6.17. The van der Waals surface area contributed by atoms with E-state index in [-0.39, 0.29) is 0 Å². The quantitative estimate of drug-likeness (QED) is 0.563. The Hall–Kier alpha value is -3.34. The van der Waals surface area contributed by atoms with Gasteiger partial charge in [0.2, 0.25) is 0 Å². The molecule has 0 unspecified atom stereocenters. The summed E-state index contributed by atoms with van der Waals surface area (Å²) in [5, 5.41) is 0.847. The maximum absolute atomic E-state index is 5.92. The summed E-state index contributed by atoms with van der Waals surface area (Å²) < 4.78 is 11.4.